The second kappa shape index (κ2) is 11.1. The van der Waals surface area contributed by atoms with Crippen molar-refractivity contribution in [2.45, 2.75) is 44.4 Å². The van der Waals surface area contributed by atoms with Gasteiger partial charge in [0.25, 0.3) is 0 Å². The predicted octanol–water partition coefficient (Wildman–Crippen LogP) is 10.5. The molecule has 1 heterocycles. The zero-order valence-electron chi connectivity index (χ0n) is 27.1. The fourth-order valence-electron chi connectivity index (χ4n) is 9.43. The first-order chi connectivity index (χ1) is 23.5. The maximum Gasteiger partial charge on any atom is 0.164 e. The molecule has 0 aliphatic heterocycles. The van der Waals surface area contributed by atoms with Gasteiger partial charge in [-0.05, 0) is 101 Å². The van der Waals surface area contributed by atoms with Crippen LogP contribution in [-0.2, 0) is 5.41 Å². The first-order valence-corrected chi connectivity index (χ1v) is 17.1. The molecule has 232 valence electrons. The third kappa shape index (κ3) is 4.68. The summed E-state index contributed by atoms with van der Waals surface area (Å²) in [4.78, 5) is 14.9. The molecular weight excluding hydrogens is 585 g/mol. The zero-order valence-corrected chi connectivity index (χ0v) is 27.1. The Hall–Kier alpha value is -5.40. The molecule has 0 amide bonds. The normalized spacial score (nSPS) is 23.7. The minimum absolute atomic E-state index is 0.352. The van der Waals surface area contributed by atoms with Gasteiger partial charge in [-0.1, -0.05) is 116 Å². The summed E-state index contributed by atoms with van der Waals surface area (Å²) in [6.45, 7) is 2.57. The molecule has 2 bridgehead atoms. The summed E-state index contributed by atoms with van der Waals surface area (Å²) in [5.41, 5.74) is 10.3. The lowest BCUT2D eigenvalue weighted by atomic mass is 9.72. The highest BCUT2D eigenvalue weighted by Gasteiger charge is 2.65. The summed E-state index contributed by atoms with van der Waals surface area (Å²) in [7, 11) is 0. The smallest absolute Gasteiger partial charge is 0.164 e. The summed E-state index contributed by atoms with van der Waals surface area (Å²) in [5.74, 6) is 3.70. The van der Waals surface area contributed by atoms with Gasteiger partial charge in [0.15, 0.2) is 17.5 Å². The van der Waals surface area contributed by atoms with Crippen LogP contribution in [-0.4, -0.2) is 15.0 Å². The Labute approximate surface area is 282 Å². The van der Waals surface area contributed by atoms with Crippen molar-refractivity contribution in [2.24, 2.45) is 17.3 Å². The fraction of sp³-hybridized carbons (Fsp3) is 0.227. The van der Waals surface area contributed by atoms with Gasteiger partial charge in [0.1, 0.15) is 0 Å². The van der Waals surface area contributed by atoms with Gasteiger partial charge >= 0.3 is 0 Å². The second-order valence-electron chi connectivity index (χ2n) is 14.4. The van der Waals surface area contributed by atoms with E-state index in [1.165, 1.54) is 43.2 Å². The third-order valence-electron chi connectivity index (χ3n) is 11.8. The van der Waals surface area contributed by atoms with Crippen LogP contribution in [0.5, 0.6) is 0 Å². The van der Waals surface area contributed by atoms with E-state index in [0.717, 1.165) is 45.2 Å². The van der Waals surface area contributed by atoms with Crippen LogP contribution >= 0.6 is 0 Å². The monoisotopic (exact) mass is 620 g/mol. The van der Waals surface area contributed by atoms with Gasteiger partial charge in [-0.25, -0.2) is 15.0 Å². The molecule has 1 unspecified atom stereocenters. The SMILES string of the molecule is C[C@@]12CC3(c4ccc(-c5ccc(-c6nc(-c7ccccc7)nc(-c7ccccc7)n6)cc5-c5ccc(C#N)cc5)cc4)C[C@H]1CC[C@H]2C3. The first kappa shape index (κ1) is 28.8. The number of hydrogen-bond donors (Lipinski definition) is 0. The average Bonchev–Trinajstić information content (AvgIpc) is 3.66. The second-order valence-corrected chi connectivity index (χ2v) is 14.4. The molecule has 9 rings (SSSR count). The van der Waals surface area contributed by atoms with E-state index in [0.29, 0.717) is 33.9 Å². The van der Waals surface area contributed by atoms with Gasteiger partial charge in [-0.3, -0.25) is 0 Å². The molecule has 0 radical (unpaired) electrons. The maximum atomic E-state index is 9.50. The Morgan fingerprint density at radius 3 is 1.60 bits per heavy atom. The molecule has 6 aromatic rings. The highest BCUT2D eigenvalue weighted by atomic mass is 15.0. The molecular formula is C44H36N4. The van der Waals surface area contributed by atoms with Crippen molar-refractivity contribution in [1.29, 1.82) is 5.26 Å². The Kier molecular flexibility index (Phi) is 6.66. The molecule has 0 spiro atoms. The average molecular weight is 621 g/mol. The van der Waals surface area contributed by atoms with Gasteiger partial charge < -0.3 is 0 Å². The van der Waals surface area contributed by atoms with Crippen LogP contribution in [0.1, 0.15) is 50.2 Å². The lowest BCUT2D eigenvalue weighted by Gasteiger charge is -2.33. The molecule has 5 aromatic carbocycles. The third-order valence-corrected chi connectivity index (χ3v) is 11.8. The number of rotatable bonds is 6. The van der Waals surface area contributed by atoms with Crippen molar-refractivity contribution in [3.8, 4) is 62.5 Å². The molecule has 4 heteroatoms. The van der Waals surface area contributed by atoms with Gasteiger partial charge in [0.2, 0.25) is 0 Å². The molecule has 48 heavy (non-hydrogen) atoms. The molecule has 3 fully saturated rings. The maximum absolute atomic E-state index is 9.50. The van der Waals surface area contributed by atoms with E-state index < -0.39 is 0 Å². The Morgan fingerprint density at radius 1 is 0.562 bits per heavy atom. The summed E-state index contributed by atoms with van der Waals surface area (Å²) in [6, 6.07) is 46.3. The molecule has 4 atom stereocenters. The quantitative estimate of drug-likeness (QED) is 0.186. The zero-order chi connectivity index (χ0) is 32.3. The Morgan fingerprint density at radius 2 is 1.06 bits per heavy atom. The highest BCUT2D eigenvalue weighted by Crippen LogP contribution is 2.72. The first-order valence-electron chi connectivity index (χ1n) is 17.1. The van der Waals surface area contributed by atoms with Crippen molar-refractivity contribution >= 4 is 0 Å². The van der Waals surface area contributed by atoms with Gasteiger partial charge in [-0.15, -0.1) is 0 Å². The molecule has 3 saturated carbocycles. The van der Waals surface area contributed by atoms with Crippen LogP contribution in [0, 0.1) is 28.6 Å². The van der Waals surface area contributed by atoms with Gasteiger partial charge in [0.05, 0.1) is 11.6 Å². The van der Waals surface area contributed by atoms with E-state index in [1.54, 1.807) is 0 Å². The topological polar surface area (TPSA) is 62.5 Å². The van der Waals surface area contributed by atoms with Crippen LogP contribution < -0.4 is 0 Å². The Balaban J connectivity index is 1.15. The van der Waals surface area contributed by atoms with E-state index >= 15 is 0 Å². The predicted molar refractivity (Wildman–Crippen MR) is 192 cm³/mol. The van der Waals surface area contributed by atoms with Crippen LogP contribution in [0.25, 0.3) is 56.4 Å². The molecule has 3 aliphatic rings. The van der Waals surface area contributed by atoms with Crippen molar-refractivity contribution in [1.82, 2.24) is 15.0 Å². The fourth-order valence-corrected chi connectivity index (χ4v) is 9.43. The van der Waals surface area contributed by atoms with E-state index in [4.69, 9.17) is 15.0 Å². The summed E-state index contributed by atoms with van der Waals surface area (Å²) in [6.07, 6.45) is 6.89. The molecule has 0 saturated heterocycles. The highest BCUT2D eigenvalue weighted by molar-refractivity contribution is 5.87. The van der Waals surface area contributed by atoms with Crippen molar-refractivity contribution in [3.63, 3.8) is 0 Å². The lowest BCUT2D eigenvalue weighted by molar-refractivity contribution is 0.195. The molecule has 4 nitrogen and oxygen atoms in total. The van der Waals surface area contributed by atoms with Crippen LogP contribution in [0.4, 0.5) is 0 Å². The van der Waals surface area contributed by atoms with Crippen molar-refractivity contribution < 1.29 is 0 Å². The summed E-state index contributed by atoms with van der Waals surface area (Å²) in [5, 5.41) is 9.50. The van der Waals surface area contributed by atoms with Crippen molar-refractivity contribution in [3.05, 3.63) is 139 Å². The number of fused-ring (bicyclic) bond motifs is 1. The Bertz CT molecular complexity index is 2110. The van der Waals surface area contributed by atoms with E-state index in [-0.39, 0.29) is 0 Å². The molecule has 3 aliphatic carbocycles. The largest absolute Gasteiger partial charge is 0.208 e. The number of nitrogens with zero attached hydrogens (tertiary/aromatic N) is 4. The summed E-state index contributed by atoms with van der Waals surface area (Å²) < 4.78 is 0. The van der Waals surface area contributed by atoms with Crippen LogP contribution in [0.3, 0.4) is 0 Å². The number of hydrogen-bond acceptors (Lipinski definition) is 4. The molecule has 1 aromatic heterocycles. The van der Waals surface area contributed by atoms with Crippen LogP contribution in [0.15, 0.2) is 127 Å². The lowest BCUT2D eigenvalue weighted by Crippen LogP contribution is -2.26. The van der Waals surface area contributed by atoms with E-state index in [9.17, 15) is 5.26 Å². The number of nitriles is 1. The standard InChI is InChI=1S/C44H36N4/c1-43-28-44(25-36(43)21-22-37(43)26-44)35-19-16-30(17-20-35)38-23-18-34(24-39(38)31-14-12-29(27-45)13-15-31)42-47-40(32-8-4-2-5-9-32)46-41(48-42)33-10-6-3-7-11-33/h2-20,23-24,36-37H,21-22,25-26,28H2,1H3/t36-,37+,43-,44?. The van der Waals surface area contributed by atoms with E-state index in [1.807, 2.05) is 84.9 Å². The minimum Gasteiger partial charge on any atom is -0.208 e. The minimum atomic E-state index is 0.352. The van der Waals surface area contributed by atoms with Gasteiger partial charge in [-0.2, -0.15) is 5.26 Å². The van der Waals surface area contributed by atoms with Crippen LogP contribution in [0.2, 0.25) is 0 Å². The van der Waals surface area contributed by atoms with E-state index in [2.05, 4.69) is 55.5 Å². The van der Waals surface area contributed by atoms with Crippen molar-refractivity contribution in [2.75, 3.05) is 0 Å². The van der Waals surface area contributed by atoms with Gasteiger partial charge in [0, 0.05) is 16.7 Å². The summed E-state index contributed by atoms with van der Waals surface area (Å²) >= 11 is 0. The number of benzene rings is 5. The number of aromatic nitrogens is 3. The molecule has 0 N–H and O–H groups in total.